The van der Waals surface area contributed by atoms with Crippen LogP contribution in [0.3, 0.4) is 0 Å². The molecule has 0 N–H and O–H groups in total. The zero-order valence-electron chi connectivity index (χ0n) is 15.7. The first-order valence-electron chi connectivity index (χ1n) is 9.59. The van der Waals surface area contributed by atoms with Crippen molar-refractivity contribution in [2.75, 3.05) is 13.1 Å². The Hall–Kier alpha value is -2.99. The maximum atomic E-state index is 12.7. The van der Waals surface area contributed by atoms with Crippen LogP contribution >= 0.6 is 0 Å². The maximum absolute atomic E-state index is 12.7. The van der Waals surface area contributed by atoms with Crippen molar-refractivity contribution in [3.63, 3.8) is 0 Å². The van der Waals surface area contributed by atoms with Gasteiger partial charge in [-0.1, -0.05) is 53.7 Å². The van der Waals surface area contributed by atoms with Crippen LogP contribution in [-0.2, 0) is 13.2 Å². The summed E-state index contributed by atoms with van der Waals surface area (Å²) in [4.78, 5) is 19.4. The summed E-state index contributed by atoms with van der Waals surface area (Å²) >= 11 is 0. The number of hydrogen-bond acceptors (Lipinski definition) is 6. The molecule has 1 fully saturated rings. The van der Waals surface area contributed by atoms with Crippen LogP contribution in [0.15, 0.2) is 65.2 Å². The minimum atomic E-state index is 0.0138. The van der Waals surface area contributed by atoms with Crippen molar-refractivity contribution in [1.29, 1.82) is 0 Å². The van der Waals surface area contributed by atoms with E-state index in [2.05, 4.69) is 15.0 Å². The molecule has 0 amide bonds. The third-order valence-corrected chi connectivity index (χ3v) is 4.91. The Kier molecular flexibility index (Phi) is 5.77. The van der Waals surface area contributed by atoms with Gasteiger partial charge in [0.25, 0.3) is 0 Å². The van der Waals surface area contributed by atoms with Crippen molar-refractivity contribution >= 4 is 5.78 Å². The summed E-state index contributed by atoms with van der Waals surface area (Å²) in [6, 6.07) is 19.1. The lowest BCUT2D eigenvalue weighted by Crippen LogP contribution is -2.38. The van der Waals surface area contributed by atoms with Crippen LogP contribution in [0.25, 0.3) is 0 Å². The van der Waals surface area contributed by atoms with Crippen molar-refractivity contribution < 1.29 is 14.1 Å². The molecule has 6 nitrogen and oxygen atoms in total. The second-order valence-electron chi connectivity index (χ2n) is 7.01. The normalized spacial score (nSPS) is 17.4. The molecular formula is C22H23N3O3. The second kappa shape index (κ2) is 8.80. The largest absolute Gasteiger partial charge is 0.485 e. The predicted molar refractivity (Wildman–Crippen MR) is 104 cm³/mol. The van der Waals surface area contributed by atoms with Crippen LogP contribution in [0.2, 0.25) is 0 Å². The number of Topliss-reactive ketones (excluding diaryl/α,β-unsaturated/α-hetero) is 1. The Bertz CT molecular complexity index is 896. The number of para-hydroxylation sites is 1. The fraction of sp³-hybridized carbons (Fsp3) is 0.318. The first-order valence-corrected chi connectivity index (χ1v) is 9.59. The lowest BCUT2D eigenvalue weighted by Gasteiger charge is -2.30. The molecule has 0 saturated carbocycles. The number of ketones is 1. The minimum Gasteiger partial charge on any atom is -0.485 e. The Labute approximate surface area is 164 Å². The number of ether oxygens (including phenoxy) is 1. The van der Waals surface area contributed by atoms with Crippen LogP contribution in [0.4, 0.5) is 0 Å². The van der Waals surface area contributed by atoms with Gasteiger partial charge in [-0.3, -0.25) is 9.69 Å². The highest BCUT2D eigenvalue weighted by Gasteiger charge is 2.27. The van der Waals surface area contributed by atoms with E-state index in [0.29, 0.717) is 24.8 Å². The summed E-state index contributed by atoms with van der Waals surface area (Å²) in [5.41, 5.74) is 0.785. The third kappa shape index (κ3) is 4.64. The fourth-order valence-electron chi connectivity index (χ4n) is 3.52. The van der Waals surface area contributed by atoms with Gasteiger partial charge in [0.2, 0.25) is 11.7 Å². The highest BCUT2D eigenvalue weighted by molar-refractivity contribution is 5.98. The molecule has 0 radical (unpaired) electrons. The highest BCUT2D eigenvalue weighted by atomic mass is 16.5. The summed E-state index contributed by atoms with van der Waals surface area (Å²) < 4.78 is 11.0. The van der Waals surface area contributed by atoms with Gasteiger partial charge in [-0.15, -0.1) is 0 Å². The van der Waals surface area contributed by atoms with Crippen LogP contribution in [0.5, 0.6) is 5.75 Å². The van der Waals surface area contributed by atoms with Crippen molar-refractivity contribution in [3.05, 3.63) is 77.9 Å². The van der Waals surface area contributed by atoms with Crippen LogP contribution in [0, 0.1) is 5.92 Å². The number of benzene rings is 2. The monoisotopic (exact) mass is 377 g/mol. The van der Waals surface area contributed by atoms with E-state index in [4.69, 9.17) is 9.26 Å². The van der Waals surface area contributed by atoms with Gasteiger partial charge in [0.15, 0.2) is 12.4 Å². The van der Waals surface area contributed by atoms with Crippen molar-refractivity contribution in [2.45, 2.75) is 26.0 Å². The molecule has 0 spiro atoms. The number of carbonyl (C=O) groups is 1. The average Bonchev–Trinajstić information content (AvgIpc) is 3.20. The number of hydrogen-bond donors (Lipinski definition) is 0. The summed E-state index contributed by atoms with van der Waals surface area (Å²) in [7, 11) is 0. The molecule has 144 valence electrons. The summed E-state index contributed by atoms with van der Waals surface area (Å²) in [6.07, 6.45) is 1.91. The topological polar surface area (TPSA) is 68.5 Å². The third-order valence-electron chi connectivity index (χ3n) is 4.91. The van der Waals surface area contributed by atoms with Gasteiger partial charge in [-0.2, -0.15) is 4.98 Å². The SMILES string of the molecule is O=C(c1ccccc1)C1CCCN(Cc2nc(COc3ccccc3)no2)C1. The molecule has 1 aromatic heterocycles. The molecule has 28 heavy (non-hydrogen) atoms. The molecule has 6 heteroatoms. The zero-order valence-corrected chi connectivity index (χ0v) is 15.7. The average molecular weight is 377 g/mol. The lowest BCUT2D eigenvalue weighted by molar-refractivity contribution is 0.0797. The minimum absolute atomic E-state index is 0.0138. The van der Waals surface area contributed by atoms with Crippen LogP contribution in [0.1, 0.15) is 34.9 Å². The molecule has 0 bridgehead atoms. The van der Waals surface area contributed by atoms with E-state index in [0.717, 1.165) is 30.7 Å². The van der Waals surface area contributed by atoms with E-state index in [-0.39, 0.29) is 18.3 Å². The number of aromatic nitrogens is 2. The molecule has 3 aromatic rings. The molecule has 1 atom stereocenters. The molecule has 1 aliphatic rings. The van der Waals surface area contributed by atoms with E-state index in [1.807, 2.05) is 60.7 Å². The maximum Gasteiger partial charge on any atom is 0.240 e. The first-order chi connectivity index (χ1) is 13.8. The Morgan fingerprint density at radius 2 is 1.86 bits per heavy atom. The predicted octanol–water partition coefficient (Wildman–Crippen LogP) is 3.74. The van der Waals surface area contributed by atoms with E-state index in [9.17, 15) is 4.79 Å². The van der Waals surface area contributed by atoms with E-state index in [1.54, 1.807) is 0 Å². The summed E-state index contributed by atoms with van der Waals surface area (Å²) in [6.45, 7) is 2.46. The standard InChI is InChI=1S/C22H23N3O3/c26-22(17-8-3-1-4-9-17)18-10-7-13-25(14-18)15-21-23-20(24-28-21)16-27-19-11-5-2-6-12-19/h1-6,8-9,11-12,18H,7,10,13-16H2. The molecule has 1 saturated heterocycles. The highest BCUT2D eigenvalue weighted by Crippen LogP contribution is 2.22. The van der Waals surface area contributed by atoms with Gasteiger partial charge in [-0.05, 0) is 31.5 Å². The molecule has 2 heterocycles. The van der Waals surface area contributed by atoms with E-state index in [1.165, 1.54) is 0 Å². The Morgan fingerprint density at radius 3 is 2.64 bits per heavy atom. The van der Waals surface area contributed by atoms with Crippen LogP contribution in [-0.4, -0.2) is 33.9 Å². The quantitative estimate of drug-likeness (QED) is 0.584. The molecule has 4 rings (SSSR count). The first kappa shape index (κ1) is 18.4. The number of rotatable bonds is 7. The van der Waals surface area contributed by atoms with E-state index >= 15 is 0 Å². The van der Waals surface area contributed by atoms with E-state index < -0.39 is 0 Å². The summed E-state index contributed by atoms with van der Waals surface area (Å²) in [5, 5.41) is 3.99. The van der Waals surface area contributed by atoms with Gasteiger partial charge in [-0.25, -0.2) is 0 Å². The Balaban J connectivity index is 1.32. The lowest BCUT2D eigenvalue weighted by atomic mass is 9.90. The van der Waals surface area contributed by atoms with Crippen molar-refractivity contribution in [3.8, 4) is 5.75 Å². The van der Waals surface area contributed by atoms with Gasteiger partial charge < -0.3 is 9.26 Å². The molecule has 0 aliphatic carbocycles. The molecule has 1 unspecified atom stereocenters. The van der Waals surface area contributed by atoms with Crippen molar-refractivity contribution in [2.24, 2.45) is 5.92 Å². The molecule has 1 aliphatic heterocycles. The van der Waals surface area contributed by atoms with Crippen molar-refractivity contribution in [1.82, 2.24) is 15.0 Å². The second-order valence-corrected chi connectivity index (χ2v) is 7.01. The van der Waals surface area contributed by atoms with Crippen LogP contribution < -0.4 is 4.74 Å². The smallest absolute Gasteiger partial charge is 0.240 e. The number of nitrogens with zero attached hydrogens (tertiary/aromatic N) is 3. The van der Waals surface area contributed by atoms with Gasteiger partial charge >= 0.3 is 0 Å². The zero-order chi connectivity index (χ0) is 19.2. The van der Waals surface area contributed by atoms with Gasteiger partial charge in [0, 0.05) is 18.0 Å². The molecule has 2 aromatic carbocycles. The number of likely N-dealkylation sites (tertiary alicyclic amines) is 1. The van der Waals surface area contributed by atoms with Gasteiger partial charge in [0.05, 0.1) is 6.54 Å². The number of carbonyl (C=O) groups excluding carboxylic acids is 1. The Morgan fingerprint density at radius 1 is 1.11 bits per heavy atom. The summed E-state index contributed by atoms with van der Waals surface area (Å²) in [5.74, 6) is 2.08. The molecular weight excluding hydrogens is 354 g/mol. The number of piperidine rings is 1. The van der Waals surface area contributed by atoms with Gasteiger partial charge in [0.1, 0.15) is 5.75 Å². The fourth-order valence-corrected chi connectivity index (χ4v) is 3.52.